The van der Waals surface area contributed by atoms with Crippen LogP contribution in [0.2, 0.25) is 0 Å². The Kier molecular flexibility index (Phi) is 7.27. The van der Waals surface area contributed by atoms with Crippen LogP contribution in [0.25, 0.3) is 0 Å². The van der Waals surface area contributed by atoms with Gasteiger partial charge in [-0.15, -0.1) is 0 Å². The molecule has 1 aromatic carbocycles. The Morgan fingerprint density at radius 2 is 1.94 bits per heavy atom. The highest BCUT2D eigenvalue weighted by Crippen LogP contribution is 2.34. The summed E-state index contributed by atoms with van der Waals surface area (Å²) in [5, 5.41) is 3.04. The minimum Gasteiger partial charge on any atom is -0.483 e. The largest absolute Gasteiger partial charge is 0.483 e. The van der Waals surface area contributed by atoms with Crippen LogP contribution in [0.4, 0.5) is 0 Å². The number of nitrogens with zero attached hydrogens (tertiary/aromatic N) is 2. The Balaban J connectivity index is 1.44. The number of rotatable bonds is 3. The van der Waals surface area contributed by atoms with Gasteiger partial charge in [-0.1, -0.05) is 36.4 Å². The quantitative estimate of drug-likeness (QED) is 0.731. The number of allylic oxidation sites excluding steroid dienone is 2. The van der Waals surface area contributed by atoms with E-state index in [2.05, 4.69) is 17.5 Å². The van der Waals surface area contributed by atoms with Crippen molar-refractivity contribution in [1.82, 2.24) is 14.8 Å². The van der Waals surface area contributed by atoms with Gasteiger partial charge in [-0.25, -0.2) is 0 Å². The predicted molar refractivity (Wildman–Crippen MR) is 126 cm³/mol. The molecule has 1 atom stereocenters. The Morgan fingerprint density at radius 3 is 2.82 bits per heavy atom. The summed E-state index contributed by atoms with van der Waals surface area (Å²) < 4.78 is 7.32. The number of para-hydroxylation sites is 1. The van der Waals surface area contributed by atoms with Gasteiger partial charge in [0.1, 0.15) is 5.75 Å². The van der Waals surface area contributed by atoms with Crippen LogP contribution in [0.15, 0.2) is 65.6 Å². The lowest BCUT2D eigenvalue weighted by Crippen LogP contribution is -2.51. The van der Waals surface area contributed by atoms with Crippen molar-refractivity contribution in [1.29, 1.82) is 0 Å². The number of likely N-dealkylation sites (tertiary alicyclic amines) is 1. The number of ether oxygens (including phenoxy) is 1. The molecule has 4 rings (SSSR count). The Bertz CT molecular complexity index is 1080. The molecule has 3 heterocycles. The number of piperidine rings is 1. The van der Waals surface area contributed by atoms with Crippen LogP contribution >= 0.6 is 0 Å². The number of nitrogens with one attached hydrogen (secondary N) is 1. The minimum atomic E-state index is -0.206. The van der Waals surface area contributed by atoms with E-state index in [4.69, 9.17) is 4.74 Å². The summed E-state index contributed by atoms with van der Waals surface area (Å²) in [6.45, 7) is 2.15. The molecule has 0 aliphatic carbocycles. The van der Waals surface area contributed by atoms with Gasteiger partial charge in [0.2, 0.25) is 5.91 Å². The molecule has 2 aliphatic rings. The van der Waals surface area contributed by atoms with E-state index < -0.39 is 0 Å². The molecule has 2 aromatic rings. The molecule has 1 fully saturated rings. The topological polar surface area (TPSA) is 80.6 Å². The van der Waals surface area contributed by atoms with Crippen molar-refractivity contribution >= 4 is 11.8 Å². The van der Waals surface area contributed by atoms with Crippen molar-refractivity contribution in [3.05, 3.63) is 76.7 Å². The molecule has 2 aliphatic heterocycles. The van der Waals surface area contributed by atoms with Crippen LogP contribution in [-0.2, 0) is 22.6 Å². The molecule has 33 heavy (non-hydrogen) atoms. The number of aryl methyl sites for hydroxylation is 1. The lowest BCUT2D eigenvalue weighted by Gasteiger charge is -2.43. The van der Waals surface area contributed by atoms with Crippen LogP contribution in [0.5, 0.6) is 5.75 Å². The second kappa shape index (κ2) is 10.5. The molecule has 1 unspecified atom stereocenters. The number of benzene rings is 1. The van der Waals surface area contributed by atoms with Crippen molar-refractivity contribution in [3.63, 3.8) is 0 Å². The van der Waals surface area contributed by atoms with Crippen molar-refractivity contribution in [2.45, 2.75) is 38.6 Å². The van der Waals surface area contributed by atoms with Gasteiger partial charge in [0, 0.05) is 50.3 Å². The second-order valence-corrected chi connectivity index (χ2v) is 8.95. The number of pyridine rings is 1. The van der Waals surface area contributed by atoms with Crippen LogP contribution in [0, 0.1) is 5.41 Å². The zero-order valence-corrected chi connectivity index (χ0v) is 18.9. The van der Waals surface area contributed by atoms with Gasteiger partial charge < -0.3 is 19.5 Å². The van der Waals surface area contributed by atoms with Crippen molar-refractivity contribution in [2.75, 3.05) is 26.2 Å². The number of hydrogen-bond donors (Lipinski definition) is 1. The molecule has 1 N–H and O–H groups in total. The summed E-state index contributed by atoms with van der Waals surface area (Å²) in [5.74, 6) is 0.628. The van der Waals surface area contributed by atoms with Gasteiger partial charge >= 0.3 is 0 Å². The molecule has 0 bridgehead atoms. The third-order valence-corrected chi connectivity index (χ3v) is 6.53. The lowest BCUT2D eigenvalue weighted by atomic mass is 9.76. The molecule has 1 saturated heterocycles. The Morgan fingerprint density at radius 1 is 1.09 bits per heavy atom. The van der Waals surface area contributed by atoms with Crippen LogP contribution in [0.1, 0.15) is 31.2 Å². The van der Waals surface area contributed by atoms with E-state index in [1.165, 1.54) is 6.07 Å². The number of fused-ring (bicyclic) bond motifs is 1. The zero-order valence-electron chi connectivity index (χ0n) is 18.9. The molecule has 7 heteroatoms. The highest BCUT2D eigenvalue weighted by molar-refractivity contribution is 5.78. The van der Waals surface area contributed by atoms with Gasteiger partial charge in [0.15, 0.2) is 6.61 Å². The maximum absolute atomic E-state index is 13.0. The molecular formula is C26H31N3O4. The summed E-state index contributed by atoms with van der Waals surface area (Å²) in [4.78, 5) is 39.3. The van der Waals surface area contributed by atoms with Gasteiger partial charge in [0.25, 0.3) is 11.5 Å². The average molecular weight is 450 g/mol. The first kappa shape index (κ1) is 22.8. The van der Waals surface area contributed by atoms with Crippen molar-refractivity contribution in [2.24, 2.45) is 5.41 Å². The van der Waals surface area contributed by atoms with E-state index in [9.17, 15) is 14.4 Å². The summed E-state index contributed by atoms with van der Waals surface area (Å²) in [5.41, 5.74) is 0.742. The molecule has 174 valence electrons. The standard InChI is InChI=1S/C26H31N3O4/c30-23-18-33-22-10-2-1-8-21(22)9-3-5-13-26(19-27-23)14-7-16-29(20-26)25(32)12-17-28-15-6-4-11-24(28)31/h1-6,8,10-11,15H,7,9,12-14,16-20H2,(H,27,30)/b5-3+. The van der Waals surface area contributed by atoms with E-state index in [0.29, 0.717) is 26.2 Å². The highest BCUT2D eigenvalue weighted by Gasteiger charge is 2.36. The molecule has 1 spiro atoms. The van der Waals surface area contributed by atoms with E-state index in [1.807, 2.05) is 29.2 Å². The number of carbonyl (C=O) groups excluding carboxylic acids is 2. The van der Waals surface area contributed by atoms with E-state index in [1.54, 1.807) is 22.9 Å². The first-order valence-electron chi connectivity index (χ1n) is 11.6. The SMILES string of the molecule is O=C1COc2ccccc2C/C=C/CC2(CCCN(C(=O)CCn3ccccc3=O)C2)CN1. The molecule has 0 saturated carbocycles. The fraction of sp³-hybridized carbons (Fsp3) is 0.423. The number of carbonyl (C=O) groups is 2. The van der Waals surface area contributed by atoms with Gasteiger partial charge in [-0.3, -0.25) is 14.4 Å². The summed E-state index contributed by atoms with van der Waals surface area (Å²) in [7, 11) is 0. The van der Waals surface area contributed by atoms with E-state index in [0.717, 1.165) is 37.0 Å². The number of amides is 2. The molecule has 1 aromatic heterocycles. The smallest absolute Gasteiger partial charge is 0.257 e. The summed E-state index contributed by atoms with van der Waals surface area (Å²) in [6.07, 6.45) is 9.67. The molecule has 7 nitrogen and oxygen atoms in total. The fourth-order valence-electron chi connectivity index (χ4n) is 4.66. The third-order valence-electron chi connectivity index (χ3n) is 6.53. The van der Waals surface area contributed by atoms with E-state index in [-0.39, 0.29) is 35.8 Å². The van der Waals surface area contributed by atoms with Crippen molar-refractivity contribution in [3.8, 4) is 5.75 Å². The summed E-state index contributed by atoms with van der Waals surface area (Å²) >= 11 is 0. The van der Waals surface area contributed by atoms with Crippen molar-refractivity contribution < 1.29 is 14.3 Å². The second-order valence-electron chi connectivity index (χ2n) is 8.95. The highest BCUT2D eigenvalue weighted by atomic mass is 16.5. The number of hydrogen-bond acceptors (Lipinski definition) is 4. The monoisotopic (exact) mass is 449 g/mol. The van der Waals surface area contributed by atoms with Gasteiger partial charge in [0.05, 0.1) is 0 Å². The third kappa shape index (κ3) is 5.92. The zero-order chi connectivity index (χ0) is 23.1. The average Bonchev–Trinajstić information content (AvgIpc) is 2.83. The minimum absolute atomic E-state index is 0.0225. The Hall–Kier alpha value is -3.35. The van der Waals surface area contributed by atoms with E-state index >= 15 is 0 Å². The fourth-order valence-corrected chi connectivity index (χ4v) is 4.66. The Labute approximate surface area is 194 Å². The van der Waals surface area contributed by atoms with Crippen LogP contribution < -0.4 is 15.6 Å². The molecular weight excluding hydrogens is 418 g/mol. The summed E-state index contributed by atoms with van der Waals surface area (Å²) in [6, 6.07) is 12.8. The molecule has 0 radical (unpaired) electrons. The predicted octanol–water partition coefficient (Wildman–Crippen LogP) is 2.54. The van der Waals surface area contributed by atoms with Gasteiger partial charge in [-0.2, -0.15) is 0 Å². The van der Waals surface area contributed by atoms with Crippen LogP contribution in [0.3, 0.4) is 0 Å². The first-order valence-corrected chi connectivity index (χ1v) is 11.6. The maximum Gasteiger partial charge on any atom is 0.257 e. The normalized spacial score (nSPS) is 22.3. The van der Waals surface area contributed by atoms with Gasteiger partial charge in [-0.05, 0) is 43.4 Å². The molecule has 2 amide bonds. The lowest BCUT2D eigenvalue weighted by molar-refractivity contribution is -0.135. The first-order chi connectivity index (χ1) is 16.0. The maximum atomic E-state index is 13.0. The number of aromatic nitrogens is 1. The van der Waals surface area contributed by atoms with Crippen LogP contribution in [-0.4, -0.2) is 47.5 Å².